The molecule has 0 aliphatic rings. The average Bonchev–Trinajstić information content (AvgIpc) is 2.77. The molecule has 0 bridgehead atoms. The highest BCUT2D eigenvalue weighted by Gasteiger charge is 2.12. The molecule has 0 aliphatic heterocycles. The number of nitrogens with zero attached hydrogens (tertiary/aromatic N) is 1. The third-order valence-corrected chi connectivity index (χ3v) is 4.72. The minimum absolute atomic E-state index is 0.196. The predicted octanol–water partition coefficient (Wildman–Crippen LogP) is 4.99. The van der Waals surface area contributed by atoms with Crippen molar-refractivity contribution in [2.45, 2.75) is 19.1 Å². The third kappa shape index (κ3) is 4.36. The topological polar surface area (TPSA) is 57.4 Å². The standard InChI is InChI=1S/C24H22N2O2/c25-28-24(16-18-6-2-1-3-7-18)20-11-14-22(15-12-20)27-17-21-13-10-19-8-4-5-9-23(19)26-21/h1-15,24H,16-17,25H2. The summed E-state index contributed by atoms with van der Waals surface area (Å²) in [7, 11) is 0. The van der Waals surface area contributed by atoms with E-state index in [1.165, 1.54) is 5.56 Å². The van der Waals surface area contributed by atoms with Crippen LogP contribution in [0.1, 0.15) is 22.9 Å². The van der Waals surface area contributed by atoms with E-state index in [2.05, 4.69) is 29.2 Å². The lowest BCUT2D eigenvalue weighted by Gasteiger charge is -2.15. The first-order valence-corrected chi connectivity index (χ1v) is 9.29. The van der Waals surface area contributed by atoms with Crippen molar-refractivity contribution in [1.29, 1.82) is 0 Å². The van der Waals surface area contributed by atoms with E-state index in [0.717, 1.165) is 34.3 Å². The summed E-state index contributed by atoms with van der Waals surface area (Å²) in [6.07, 6.45) is 0.525. The molecule has 1 atom stereocenters. The van der Waals surface area contributed by atoms with Crippen molar-refractivity contribution in [2.75, 3.05) is 0 Å². The summed E-state index contributed by atoms with van der Waals surface area (Å²) in [5.74, 6) is 6.32. The van der Waals surface area contributed by atoms with Crippen LogP contribution >= 0.6 is 0 Å². The summed E-state index contributed by atoms with van der Waals surface area (Å²) in [6.45, 7) is 0.422. The van der Waals surface area contributed by atoms with Crippen molar-refractivity contribution in [3.63, 3.8) is 0 Å². The first kappa shape index (κ1) is 18.2. The minimum Gasteiger partial charge on any atom is -0.487 e. The molecule has 4 aromatic rings. The van der Waals surface area contributed by atoms with Crippen LogP contribution in [0.2, 0.25) is 0 Å². The molecule has 1 heterocycles. The number of pyridine rings is 1. The van der Waals surface area contributed by atoms with Crippen molar-refractivity contribution in [2.24, 2.45) is 5.90 Å². The maximum atomic E-state index is 5.89. The highest BCUT2D eigenvalue weighted by atomic mass is 16.6. The van der Waals surface area contributed by atoms with Gasteiger partial charge in [0.05, 0.1) is 11.2 Å². The highest BCUT2D eigenvalue weighted by Crippen LogP contribution is 2.24. The number of para-hydroxylation sites is 1. The van der Waals surface area contributed by atoms with Crippen LogP contribution in [-0.4, -0.2) is 4.98 Å². The summed E-state index contributed by atoms with van der Waals surface area (Å²) in [5, 5.41) is 1.13. The maximum Gasteiger partial charge on any atom is 0.130 e. The van der Waals surface area contributed by atoms with E-state index < -0.39 is 0 Å². The molecule has 4 rings (SSSR count). The van der Waals surface area contributed by atoms with Crippen LogP contribution in [0.15, 0.2) is 91.0 Å². The fraction of sp³-hybridized carbons (Fsp3) is 0.125. The van der Waals surface area contributed by atoms with E-state index in [1.54, 1.807) is 0 Å². The van der Waals surface area contributed by atoms with Crippen molar-refractivity contribution >= 4 is 10.9 Å². The number of nitrogens with two attached hydrogens (primary N) is 1. The fourth-order valence-corrected chi connectivity index (χ4v) is 3.20. The van der Waals surface area contributed by atoms with Crippen molar-refractivity contribution in [1.82, 2.24) is 4.98 Å². The van der Waals surface area contributed by atoms with E-state index >= 15 is 0 Å². The highest BCUT2D eigenvalue weighted by molar-refractivity contribution is 5.78. The smallest absolute Gasteiger partial charge is 0.130 e. The van der Waals surface area contributed by atoms with Crippen LogP contribution in [0.25, 0.3) is 10.9 Å². The van der Waals surface area contributed by atoms with Crippen molar-refractivity contribution < 1.29 is 9.57 Å². The van der Waals surface area contributed by atoms with Crippen LogP contribution in [-0.2, 0) is 17.9 Å². The molecule has 28 heavy (non-hydrogen) atoms. The molecule has 140 valence electrons. The Hall–Kier alpha value is -3.21. The van der Waals surface area contributed by atoms with Crippen molar-refractivity contribution in [3.8, 4) is 5.75 Å². The second-order valence-corrected chi connectivity index (χ2v) is 6.67. The number of ether oxygens (including phenoxy) is 1. The van der Waals surface area contributed by atoms with Gasteiger partial charge in [0.1, 0.15) is 18.5 Å². The monoisotopic (exact) mass is 370 g/mol. The number of rotatable bonds is 7. The number of hydrogen-bond donors (Lipinski definition) is 1. The normalized spacial score (nSPS) is 12.0. The molecule has 0 aliphatic carbocycles. The van der Waals surface area contributed by atoms with Gasteiger partial charge in [-0.25, -0.2) is 10.9 Å². The Labute approximate surface area is 164 Å². The van der Waals surface area contributed by atoms with Gasteiger partial charge in [-0.2, -0.15) is 0 Å². The molecular weight excluding hydrogens is 348 g/mol. The van der Waals surface area contributed by atoms with Gasteiger partial charge in [0.2, 0.25) is 0 Å². The van der Waals surface area contributed by atoms with Gasteiger partial charge in [0.15, 0.2) is 0 Å². The van der Waals surface area contributed by atoms with Crippen LogP contribution < -0.4 is 10.6 Å². The average molecular weight is 370 g/mol. The molecule has 4 heteroatoms. The van der Waals surface area contributed by atoms with Gasteiger partial charge in [-0.15, -0.1) is 0 Å². The zero-order valence-corrected chi connectivity index (χ0v) is 15.5. The van der Waals surface area contributed by atoms with Gasteiger partial charge in [-0.3, -0.25) is 4.84 Å². The molecule has 0 amide bonds. The molecule has 0 radical (unpaired) electrons. The summed E-state index contributed by atoms with van der Waals surface area (Å²) < 4.78 is 5.89. The number of hydrogen-bond acceptors (Lipinski definition) is 4. The Bertz CT molecular complexity index is 1030. The predicted molar refractivity (Wildman–Crippen MR) is 111 cm³/mol. The number of benzene rings is 3. The Morgan fingerprint density at radius 1 is 0.786 bits per heavy atom. The van der Waals surface area contributed by atoms with Crippen LogP contribution in [0.3, 0.4) is 0 Å². The summed E-state index contributed by atoms with van der Waals surface area (Å²) in [6, 6.07) is 30.1. The lowest BCUT2D eigenvalue weighted by atomic mass is 10.0. The van der Waals surface area contributed by atoms with E-state index in [9.17, 15) is 0 Å². The SMILES string of the molecule is NOC(Cc1ccccc1)c1ccc(OCc2ccc3ccccc3n2)cc1. The van der Waals surface area contributed by atoms with Crippen LogP contribution in [0.5, 0.6) is 5.75 Å². The molecule has 0 saturated carbocycles. The fourth-order valence-electron chi connectivity index (χ4n) is 3.20. The summed E-state index contributed by atoms with van der Waals surface area (Å²) in [5.41, 5.74) is 4.07. The Morgan fingerprint density at radius 2 is 1.54 bits per heavy atom. The van der Waals surface area contributed by atoms with Gasteiger partial charge in [-0.05, 0) is 35.4 Å². The lowest BCUT2D eigenvalue weighted by Crippen LogP contribution is -2.12. The first-order valence-electron chi connectivity index (χ1n) is 9.29. The lowest BCUT2D eigenvalue weighted by molar-refractivity contribution is 0.0529. The second-order valence-electron chi connectivity index (χ2n) is 6.67. The molecule has 3 aromatic carbocycles. The van der Waals surface area contributed by atoms with E-state index in [0.29, 0.717) is 6.61 Å². The van der Waals surface area contributed by atoms with Crippen molar-refractivity contribution in [3.05, 3.63) is 108 Å². The van der Waals surface area contributed by atoms with E-state index in [-0.39, 0.29) is 6.10 Å². The number of aromatic nitrogens is 1. The van der Waals surface area contributed by atoms with Gasteiger partial charge in [0, 0.05) is 11.8 Å². The Balaban J connectivity index is 1.40. The molecule has 2 N–H and O–H groups in total. The van der Waals surface area contributed by atoms with E-state index in [4.69, 9.17) is 15.5 Å². The molecule has 1 unspecified atom stereocenters. The zero-order valence-electron chi connectivity index (χ0n) is 15.5. The van der Waals surface area contributed by atoms with Crippen LogP contribution in [0, 0.1) is 0 Å². The minimum atomic E-state index is -0.196. The van der Waals surface area contributed by atoms with E-state index in [1.807, 2.05) is 66.7 Å². The molecular formula is C24H22N2O2. The molecule has 0 fully saturated rings. The van der Waals surface area contributed by atoms with Gasteiger partial charge in [0.25, 0.3) is 0 Å². The first-order chi connectivity index (χ1) is 13.8. The molecule has 0 spiro atoms. The maximum absolute atomic E-state index is 5.89. The molecule has 1 aromatic heterocycles. The summed E-state index contributed by atoms with van der Waals surface area (Å²) in [4.78, 5) is 9.83. The third-order valence-electron chi connectivity index (χ3n) is 4.72. The molecule has 4 nitrogen and oxygen atoms in total. The van der Waals surface area contributed by atoms with Crippen LogP contribution in [0.4, 0.5) is 0 Å². The van der Waals surface area contributed by atoms with Gasteiger partial charge >= 0.3 is 0 Å². The quantitative estimate of drug-likeness (QED) is 0.466. The van der Waals surface area contributed by atoms with Gasteiger partial charge < -0.3 is 4.74 Å². The largest absolute Gasteiger partial charge is 0.487 e. The number of fused-ring (bicyclic) bond motifs is 1. The zero-order chi connectivity index (χ0) is 19.2. The van der Waals surface area contributed by atoms with Gasteiger partial charge in [-0.1, -0.05) is 66.7 Å². The Kier molecular flexibility index (Phi) is 5.61. The summed E-state index contributed by atoms with van der Waals surface area (Å²) >= 11 is 0. The molecule has 0 saturated heterocycles. The second kappa shape index (κ2) is 8.65. The Morgan fingerprint density at radius 3 is 2.32 bits per heavy atom.